The van der Waals surface area contributed by atoms with Gasteiger partial charge in [-0.25, -0.2) is 0 Å². The van der Waals surface area contributed by atoms with Crippen molar-refractivity contribution >= 4 is 37.7 Å². The van der Waals surface area contributed by atoms with Gasteiger partial charge in [0.15, 0.2) is 0 Å². The van der Waals surface area contributed by atoms with Crippen LogP contribution in [0.15, 0.2) is 0 Å². The zero-order valence-electron chi connectivity index (χ0n) is 3.60. The molecule has 0 fully saturated rings. The van der Waals surface area contributed by atoms with Crippen LogP contribution in [0.2, 0.25) is 0 Å². The molecule has 0 atom stereocenters. The quantitative estimate of drug-likeness (QED) is 0.390. The Hall–Kier alpha value is 1.18. The normalized spacial score (nSPS) is 4.00. The van der Waals surface area contributed by atoms with E-state index in [9.17, 15) is 0 Å². The van der Waals surface area contributed by atoms with E-state index in [1.165, 1.54) is 0 Å². The van der Waals surface area contributed by atoms with Gasteiger partial charge in [-0.2, -0.15) is 0 Å². The Morgan fingerprint density at radius 3 is 1.33 bits per heavy atom. The molecule has 2 N–H and O–H groups in total. The minimum absolute atomic E-state index is 0. The van der Waals surface area contributed by atoms with Crippen molar-refractivity contribution in [2.75, 3.05) is 13.7 Å². The summed E-state index contributed by atoms with van der Waals surface area (Å²) in [5.41, 5.74) is 0. The first kappa shape index (κ1) is 15.7. The fraction of sp³-hybridized carbons (Fsp3) is 1.00. The molecule has 3 heteroatoms. The standard InChI is InChI=1S/C2H6O.CH4O.Ca.2H/c1-2-3;1-2;;;/h3H,2H2,1H3;2H,1H3;;;. The van der Waals surface area contributed by atoms with Crippen LogP contribution in [0, 0.1) is 0 Å². The van der Waals surface area contributed by atoms with Crippen LogP contribution in [0.5, 0.6) is 0 Å². The van der Waals surface area contributed by atoms with E-state index in [1.807, 2.05) is 0 Å². The van der Waals surface area contributed by atoms with Crippen molar-refractivity contribution in [2.45, 2.75) is 6.92 Å². The first-order chi connectivity index (χ1) is 2.41. The number of hydrogen-bond acceptors (Lipinski definition) is 2. The summed E-state index contributed by atoms with van der Waals surface area (Å²) < 4.78 is 0. The summed E-state index contributed by atoms with van der Waals surface area (Å²) in [6, 6.07) is 0. The van der Waals surface area contributed by atoms with E-state index in [-0.39, 0.29) is 44.3 Å². The van der Waals surface area contributed by atoms with Crippen LogP contribution < -0.4 is 0 Å². The Labute approximate surface area is 68.2 Å². The van der Waals surface area contributed by atoms with E-state index in [0.29, 0.717) is 0 Å². The van der Waals surface area contributed by atoms with Crippen LogP contribution in [-0.2, 0) is 0 Å². The molecule has 0 aromatic heterocycles. The zero-order chi connectivity index (χ0) is 4.71. The van der Waals surface area contributed by atoms with Gasteiger partial charge in [0.25, 0.3) is 0 Å². The van der Waals surface area contributed by atoms with E-state index in [4.69, 9.17) is 10.2 Å². The number of hydrogen-bond donors (Lipinski definition) is 2. The summed E-state index contributed by atoms with van der Waals surface area (Å²) in [6.07, 6.45) is 0. The van der Waals surface area contributed by atoms with Crippen molar-refractivity contribution in [3.8, 4) is 0 Å². The molecular weight excluding hydrogens is 108 g/mol. The summed E-state index contributed by atoms with van der Waals surface area (Å²) in [5.74, 6) is 0. The van der Waals surface area contributed by atoms with Crippen molar-refractivity contribution in [2.24, 2.45) is 0 Å². The Kier molecular flexibility index (Phi) is 91.3. The average molecular weight is 120 g/mol. The van der Waals surface area contributed by atoms with Crippen molar-refractivity contribution in [1.29, 1.82) is 0 Å². The first-order valence-electron chi connectivity index (χ1n) is 1.47. The van der Waals surface area contributed by atoms with Gasteiger partial charge in [-0.1, -0.05) is 0 Å². The van der Waals surface area contributed by atoms with Crippen molar-refractivity contribution in [1.82, 2.24) is 0 Å². The third kappa shape index (κ3) is 65.0. The fourth-order valence-corrected chi connectivity index (χ4v) is 0. The van der Waals surface area contributed by atoms with Crippen LogP contribution in [0.1, 0.15) is 6.92 Å². The van der Waals surface area contributed by atoms with Crippen molar-refractivity contribution in [3.63, 3.8) is 0 Å². The molecule has 0 amide bonds. The fourth-order valence-electron chi connectivity index (χ4n) is 0. The van der Waals surface area contributed by atoms with Crippen LogP contribution in [0.3, 0.4) is 0 Å². The molecule has 0 aliphatic rings. The summed E-state index contributed by atoms with van der Waals surface area (Å²) >= 11 is 0. The van der Waals surface area contributed by atoms with E-state index in [2.05, 4.69) is 0 Å². The molecular formula is C3H12CaO2. The van der Waals surface area contributed by atoms with Gasteiger partial charge in [0.2, 0.25) is 0 Å². The average Bonchev–Trinajstić information content (AvgIpc) is 1.46. The number of aliphatic hydroxyl groups excluding tert-OH is 2. The second kappa shape index (κ2) is 34.9. The predicted molar refractivity (Wildman–Crippen MR) is 29.4 cm³/mol. The van der Waals surface area contributed by atoms with Gasteiger partial charge < -0.3 is 10.2 Å². The Morgan fingerprint density at radius 2 is 1.33 bits per heavy atom. The minimum atomic E-state index is 0. The molecule has 2 nitrogen and oxygen atoms in total. The second-order valence-corrected chi connectivity index (χ2v) is 0.316. The van der Waals surface area contributed by atoms with Gasteiger partial charge in [-0.3, -0.25) is 0 Å². The Balaban J connectivity index is -0.0000000275. The zero-order valence-corrected chi connectivity index (χ0v) is 3.60. The third-order valence-corrected chi connectivity index (χ3v) is 0. The van der Waals surface area contributed by atoms with Crippen LogP contribution in [-0.4, -0.2) is 61.7 Å². The van der Waals surface area contributed by atoms with Gasteiger partial charge in [0.1, 0.15) is 0 Å². The van der Waals surface area contributed by atoms with Gasteiger partial charge in [-0.05, 0) is 6.92 Å². The molecule has 0 radical (unpaired) electrons. The summed E-state index contributed by atoms with van der Waals surface area (Å²) in [7, 11) is 1.00. The van der Waals surface area contributed by atoms with Gasteiger partial charge in [0.05, 0.1) is 0 Å². The predicted octanol–water partition coefficient (Wildman–Crippen LogP) is -1.31. The van der Waals surface area contributed by atoms with Gasteiger partial charge >= 0.3 is 37.7 Å². The maximum atomic E-state index is 7.57. The molecule has 38 valence electrons. The molecule has 0 heterocycles. The van der Waals surface area contributed by atoms with E-state index in [1.54, 1.807) is 6.92 Å². The molecule has 0 aromatic carbocycles. The van der Waals surface area contributed by atoms with E-state index in [0.717, 1.165) is 7.11 Å². The number of rotatable bonds is 0. The van der Waals surface area contributed by atoms with Crippen LogP contribution >= 0.6 is 0 Å². The molecule has 0 aliphatic carbocycles. The molecule has 0 aliphatic heterocycles. The van der Waals surface area contributed by atoms with Crippen molar-refractivity contribution in [3.05, 3.63) is 0 Å². The summed E-state index contributed by atoms with van der Waals surface area (Å²) in [4.78, 5) is 0. The van der Waals surface area contributed by atoms with Gasteiger partial charge in [-0.15, -0.1) is 0 Å². The summed E-state index contributed by atoms with van der Waals surface area (Å²) in [5, 5.41) is 14.6. The molecule has 6 heavy (non-hydrogen) atoms. The molecule has 0 aromatic rings. The molecule has 0 rings (SSSR count). The third-order valence-electron chi connectivity index (χ3n) is 0. The summed E-state index contributed by atoms with van der Waals surface area (Å²) in [6.45, 7) is 1.93. The van der Waals surface area contributed by atoms with Gasteiger partial charge in [0, 0.05) is 13.7 Å². The van der Waals surface area contributed by atoms with Crippen LogP contribution in [0.25, 0.3) is 0 Å². The Bertz CT molecular complexity index is 8.75. The second-order valence-electron chi connectivity index (χ2n) is 0.316. The molecule has 0 saturated carbocycles. The Morgan fingerprint density at radius 1 is 1.33 bits per heavy atom. The van der Waals surface area contributed by atoms with E-state index < -0.39 is 0 Å². The van der Waals surface area contributed by atoms with E-state index >= 15 is 0 Å². The SMILES string of the molecule is CCO.CO.[CaH2]. The monoisotopic (exact) mass is 120 g/mol. The topological polar surface area (TPSA) is 40.5 Å². The molecule has 0 spiro atoms. The molecule has 0 saturated heterocycles. The van der Waals surface area contributed by atoms with Crippen LogP contribution in [0.4, 0.5) is 0 Å². The first-order valence-corrected chi connectivity index (χ1v) is 1.47. The molecule has 0 bridgehead atoms. The van der Waals surface area contributed by atoms with Crippen molar-refractivity contribution < 1.29 is 10.2 Å². The molecule has 0 unspecified atom stereocenters. The number of aliphatic hydroxyl groups is 2. The maximum absolute atomic E-state index is 7.57.